The van der Waals surface area contributed by atoms with Gasteiger partial charge in [0.1, 0.15) is 0 Å². The Hall–Kier alpha value is -1.10. The van der Waals surface area contributed by atoms with Crippen molar-refractivity contribution in [3.63, 3.8) is 0 Å². The molecule has 0 aromatic heterocycles. The van der Waals surface area contributed by atoms with Crippen LogP contribution in [0.5, 0.6) is 0 Å². The zero-order valence-electron chi connectivity index (χ0n) is 12.3. The largest absolute Gasteiger partial charge is 0.381 e. The molecule has 3 N–H and O–H groups in total. The zero-order valence-corrected chi connectivity index (χ0v) is 13.1. The van der Waals surface area contributed by atoms with Crippen molar-refractivity contribution in [2.24, 2.45) is 11.7 Å². The second-order valence-corrected chi connectivity index (χ2v) is 5.36. The maximum Gasteiger partial charge on any atom is 0.237 e. The highest BCUT2D eigenvalue weighted by Crippen LogP contribution is 2.17. The SMILES string of the molecule is Cl.NC(C(=O)NCCCc1ccccc1)C1CCOCC1. The third-order valence-electron chi connectivity index (χ3n) is 3.86. The summed E-state index contributed by atoms with van der Waals surface area (Å²) in [5.74, 6) is 0.239. The quantitative estimate of drug-likeness (QED) is 0.789. The summed E-state index contributed by atoms with van der Waals surface area (Å²) in [5, 5.41) is 2.95. The number of nitrogens with one attached hydrogen (secondary N) is 1. The standard InChI is InChI=1S/C16H24N2O2.ClH/c17-15(14-8-11-20-12-9-14)16(19)18-10-4-7-13-5-2-1-3-6-13;/h1-3,5-6,14-15H,4,7-12,17H2,(H,18,19);1H. The fourth-order valence-corrected chi connectivity index (χ4v) is 2.56. The Kier molecular flexibility index (Phi) is 8.35. The van der Waals surface area contributed by atoms with Gasteiger partial charge in [0.05, 0.1) is 6.04 Å². The summed E-state index contributed by atoms with van der Waals surface area (Å²) in [7, 11) is 0. The first-order valence-electron chi connectivity index (χ1n) is 7.42. The molecule has 1 saturated heterocycles. The summed E-state index contributed by atoms with van der Waals surface area (Å²) >= 11 is 0. The number of amides is 1. The van der Waals surface area contributed by atoms with Crippen LogP contribution in [0.15, 0.2) is 30.3 Å². The maximum atomic E-state index is 12.0. The van der Waals surface area contributed by atoms with E-state index in [-0.39, 0.29) is 24.2 Å². The normalized spacial score (nSPS) is 16.8. The fraction of sp³-hybridized carbons (Fsp3) is 0.562. The van der Waals surface area contributed by atoms with Gasteiger partial charge < -0.3 is 15.8 Å². The lowest BCUT2D eigenvalue weighted by Crippen LogP contribution is -2.47. The number of nitrogens with two attached hydrogens (primary N) is 1. The summed E-state index contributed by atoms with van der Waals surface area (Å²) < 4.78 is 5.29. The lowest BCUT2D eigenvalue weighted by molar-refractivity contribution is -0.124. The van der Waals surface area contributed by atoms with Crippen molar-refractivity contribution in [1.82, 2.24) is 5.32 Å². The molecule has 4 nitrogen and oxygen atoms in total. The maximum absolute atomic E-state index is 12.0. The Balaban J connectivity index is 0.00000220. The molecule has 2 rings (SSSR count). The first-order valence-corrected chi connectivity index (χ1v) is 7.42. The van der Waals surface area contributed by atoms with E-state index >= 15 is 0 Å². The van der Waals surface area contributed by atoms with Gasteiger partial charge in [0, 0.05) is 19.8 Å². The van der Waals surface area contributed by atoms with Crippen molar-refractivity contribution in [3.8, 4) is 0 Å². The molecule has 1 aromatic rings. The fourth-order valence-electron chi connectivity index (χ4n) is 2.56. The molecule has 0 saturated carbocycles. The molecule has 0 aliphatic carbocycles. The predicted molar refractivity (Wildman–Crippen MR) is 86.5 cm³/mol. The van der Waals surface area contributed by atoms with Crippen LogP contribution in [0.4, 0.5) is 0 Å². The number of halogens is 1. The molecule has 118 valence electrons. The molecule has 0 bridgehead atoms. The average Bonchev–Trinajstić information content (AvgIpc) is 2.52. The Morgan fingerprint density at radius 1 is 1.29 bits per heavy atom. The first kappa shape index (κ1) is 18.0. The van der Waals surface area contributed by atoms with Gasteiger partial charge in [-0.25, -0.2) is 0 Å². The smallest absolute Gasteiger partial charge is 0.237 e. The number of hydrogen-bond acceptors (Lipinski definition) is 3. The molecule has 1 aromatic carbocycles. The van der Waals surface area contributed by atoms with E-state index in [1.165, 1.54) is 5.56 Å². The minimum absolute atomic E-state index is 0. The number of ether oxygens (including phenoxy) is 1. The van der Waals surface area contributed by atoms with Gasteiger partial charge in [-0.2, -0.15) is 0 Å². The molecule has 1 atom stereocenters. The van der Waals surface area contributed by atoms with Crippen LogP contribution in [0.3, 0.4) is 0 Å². The molecule has 5 heteroatoms. The van der Waals surface area contributed by atoms with E-state index in [4.69, 9.17) is 10.5 Å². The third kappa shape index (κ3) is 6.04. The highest BCUT2D eigenvalue weighted by atomic mass is 35.5. The zero-order chi connectivity index (χ0) is 14.2. The molecule has 1 aliphatic heterocycles. The molecule has 1 unspecified atom stereocenters. The van der Waals surface area contributed by atoms with E-state index in [9.17, 15) is 4.79 Å². The molecular weight excluding hydrogens is 288 g/mol. The summed E-state index contributed by atoms with van der Waals surface area (Å²) in [6.07, 6.45) is 3.70. The lowest BCUT2D eigenvalue weighted by atomic mass is 9.92. The van der Waals surface area contributed by atoms with Crippen LogP contribution in [0, 0.1) is 5.92 Å². The number of benzene rings is 1. The number of rotatable bonds is 6. The van der Waals surface area contributed by atoms with Gasteiger partial charge in [0.15, 0.2) is 0 Å². The van der Waals surface area contributed by atoms with Crippen LogP contribution in [-0.4, -0.2) is 31.7 Å². The number of carbonyl (C=O) groups excluding carboxylic acids is 1. The molecule has 1 amide bonds. The van der Waals surface area contributed by atoms with E-state index in [0.717, 1.165) is 38.9 Å². The predicted octanol–water partition coefficient (Wildman–Crippen LogP) is 1.91. The summed E-state index contributed by atoms with van der Waals surface area (Å²) in [6.45, 7) is 2.13. The lowest BCUT2D eigenvalue weighted by Gasteiger charge is -2.26. The molecular formula is C16H25ClN2O2. The molecule has 1 aliphatic rings. The van der Waals surface area contributed by atoms with Crippen molar-refractivity contribution in [2.45, 2.75) is 31.7 Å². The molecule has 1 heterocycles. The van der Waals surface area contributed by atoms with Gasteiger partial charge in [-0.3, -0.25) is 4.79 Å². The van der Waals surface area contributed by atoms with Crippen molar-refractivity contribution in [3.05, 3.63) is 35.9 Å². The second kappa shape index (κ2) is 9.77. The Morgan fingerprint density at radius 3 is 2.62 bits per heavy atom. The Bertz CT molecular complexity index is 408. The van der Waals surface area contributed by atoms with Gasteiger partial charge in [0.2, 0.25) is 5.91 Å². The van der Waals surface area contributed by atoms with E-state index in [1.54, 1.807) is 0 Å². The number of hydrogen-bond donors (Lipinski definition) is 2. The van der Waals surface area contributed by atoms with Gasteiger partial charge in [-0.1, -0.05) is 30.3 Å². The first-order chi connectivity index (χ1) is 9.77. The van der Waals surface area contributed by atoms with Crippen molar-refractivity contribution >= 4 is 18.3 Å². The third-order valence-corrected chi connectivity index (χ3v) is 3.86. The van der Waals surface area contributed by atoms with Crippen LogP contribution < -0.4 is 11.1 Å². The highest BCUT2D eigenvalue weighted by Gasteiger charge is 2.26. The van der Waals surface area contributed by atoms with Crippen LogP contribution >= 0.6 is 12.4 Å². The van der Waals surface area contributed by atoms with E-state index < -0.39 is 6.04 Å². The topological polar surface area (TPSA) is 64.4 Å². The average molecular weight is 313 g/mol. The molecule has 0 radical (unpaired) electrons. The summed E-state index contributed by atoms with van der Waals surface area (Å²) in [4.78, 5) is 12.0. The van der Waals surface area contributed by atoms with E-state index in [2.05, 4.69) is 17.4 Å². The Morgan fingerprint density at radius 2 is 1.95 bits per heavy atom. The van der Waals surface area contributed by atoms with Crippen LogP contribution in [0.25, 0.3) is 0 Å². The second-order valence-electron chi connectivity index (χ2n) is 5.36. The highest BCUT2D eigenvalue weighted by molar-refractivity contribution is 5.85. The van der Waals surface area contributed by atoms with Crippen molar-refractivity contribution in [2.75, 3.05) is 19.8 Å². The van der Waals surface area contributed by atoms with Gasteiger partial charge >= 0.3 is 0 Å². The summed E-state index contributed by atoms with van der Waals surface area (Å²) in [6, 6.07) is 9.91. The van der Waals surface area contributed by atoms with Crippen molar-refractivity contribution < 1.29 is 9.53 Å². The van der Waals surface area contributed by atoms with Crippen molar-refractivity contribution in [1.29, 1.82) is 0 Å². The molecule has 1 fully saturated rings. The molecule has 21 heavy (non-hydrogen) atoms. The Labute approximate surface area is 132 Å². The number of aryl methyl sites for hydroxylation is 1. The summed E-state index contributed by atoms with van der Waals surface area (Å²) in [5.41, 5.74) is 7.32. The molecule has 0 spiro atoms. The van der Waals surface area contributed by atoms with Crippen LogP contribution in [0.2, 0.25) is 0 Å². The minimum Gasteiger partial charge on any atom is -0.381 e. The van der Waals surface area contributed by atoms with Gasteiger partial charge in [-0.05, 0) is 37.2 Å². The number of carbonyl (C=O) groups is 1. The van der Waals surface area contributed by atoms with Crippen LogP contribution in [-0.2, 0) is 16.0 Å². The van der Waals surface area contributed by atoms with E-state index in [0.29, 0.717) is 6.54 Å². The monoisotopic (exact) mass is 312 g/mol. The van der Waals surface area contributed by atoms with Crippen LogP contribution in [0.1, 0.15) is 24.8 Å². The van der Waals surface area contributed by atoms with Gasteiger partial charge in [0.25, 0.3) is 0 Å². The minimum atomic E-state index is -0.393. The van der Waals surface area contributed by atoms with Gasteiger partial charge in [-0.15, -0.1) is 12.4 Å². The van der Waals surface area contributed by atoms with E-state index in [1.807, 2.05) is 18.2 Å².